The van der Waals surface area contributed by atoms with Crippen LogP contribution in [0.4, 0.5) is 5.69 Å². The van der Waals surface area contributed by atoms with Gasteiger partial charge in [0, 0.05) is 24.7 Å². The van der Waals surface area contributed by atoms with Gasteiger partial charge >= 0.3 is 0 Å². The summed E-state index contributed by atoms with van der Waals surface area (Å²) < 4.78 is 5.93. The van der Waals surface area contributed by atoms with E-state index in [1.807, 2.05) is 78.9 Å². The Labute approximate surface area is 238 Å². The summed E-state index contributed by atoms with van der Waals surface area (Å²) in [7, 11) is 0. The van der Waals surface area contributed by atoms with Crippen molar-refractivity contribution < 1.29 is 9.53 Å². The maximum atomic E-state index is 13.2. The van der Waals surface area contributed by atoms with Crippen LogP contribution in [-0.2, 0) is 11.2 Å². The molecule has 1 amide bonds. The molecule has 0 spiro atoms. The highest BCUT2D eigenvalue weighted by molar-refractivity contribution is 5.92. The molecule has 4 aromatic carbocycles. The fraction of sp³-hybridized carbons (Fsp3) is 0.250. The second-order valence-corrected chi connectivity index (χ2v) is 10.5. The van der Waals surface area contributed by atoms with Gasteiger partial charge in [0.1, 0.15) is 11.5 Å². The summed E-state index contributed by atoms with van der Waals surface area (Å²) in [4.78, 5) is 15.7. The van der Waals surface area contributed by atoms with Crippen molar-refractivity contribution in [3.8, 4) is 11.5 Å². The van der Waals surface area contributed by atoms with Gasteiger partial charge in [0.05, 0.1) is 0 Å². The zero-order chi connectivity index (χ0) is 27.4. The molecule has 40 heavy (non-hydrogen) atoms. The first-order valence-corrected chi connectivity index (χ1v) is 14.4. The number of para-hydroxylation sites is 2. The number of nitrogens with zero attached hydrogens (tertiary/aromatic N) is 1. The van der Waals surface area contributed by atoms with Crippen molar-refractivity contribution in [3.05, 3.63) is 132 Å². The van der Waals surface area contributed by atoms with Crippen LogP contribution in [0.3, 0.4) is 0 Å². The van der Waals surface area contributed by atoms with E-state index in [2.05, 4.69) is 52.7 Å². The van der Waals surface area contributed by atoms with Gasteiger partial charge in [-0.3, -0.25) is 9.69 Å². The van der Waals surface area contributed by atoms with E-state index in [-0.39, 0.29) is 11.8 Å². The van der Waals surface area contributed by atoms with E-state index in [0.29, 0.717) is 0 Å². The molecular weight excluding hydrogens is 492 g/mol. The van der Waals surface area contributed by atoms with E-state index in [0.717, 1.165) is 68.9 Å². The summed E-state index contributed by atoms with van der Waals surface area (Å²) in [6.45, 7) is 3.10. The molecule has 4 heteroatoms. The summed E-state index contributed by atoms with van der Waals surface area (Å²) in [6, 6.07) is 38.4. The second kappa shape index (κ2) is 14.3. The van der Waals surface area contributed by atoms with Crippen LogP contribution in [0.25, 0.3) is 5.57 Å². The van der Waals surface area contributed by atoms with Gasteiger partial charge in [-0.25, -0.2) is 0 Å². The van der Waals surface area contributed by atoms with Crippen LogP contribution in [0, 0.1) is 5.92 Å². The average Bonchev–Trinajstić information content (AvgIpc) is 3.01. The minimum atomic E-state index is -0.0377. The molecule has 4 aromatic rings. The number of carbonyl (C=O) groups is 1. The second-order valence-electron chi connectivity index (χ2n) is 10.5. The Bertz CT molecular complexity index is 1350. The maximum Gasteiger partial charge on any atom is 0.227 e. The molecule has 1 aliphatic rings. The van der Waals surface area contributed by atoms with Gasteiger partial charge in [0.2, 0.25) is 5.91 Å². The number of unbranched alkanes of at least 4 members (excludes halogenated alkanes) is 1. The monoisotopic (exact) mass is 530 g/mol. The molecule has 1 unspecified atom stereocenters. The van der Waals surface area contributed by atoms with Crippen LogP contribution in [0.15, 0.2) is 121 Å². The van der Waals surface area contributed by atoms with Gasteiger partial charge in [-0.1, -0.05) is 91.4 Å². The zero-order valence-corrected chi connectivity index (χ0v) is 23.0. The van der Waals surface area contributed by atoms with Gasteiger partial charge in [-0.05, 0) is 85.3 Å². The fourth-order valence-corrected chi connectivity index (χ4v) is 5.25. The number of anilines is 1. The Kier molecular flexibility index (Phi) is 9.80. The number of nitrogens with one attached hydrogen (secondary N) is 1. The van der Waals surface area contributed by atoms with Gasteiger partial charge in [-0.2, -0.15) is 0 Å². The van der Waals surface area contributed by atoms with Crippen LogP contribution in [0.1, 0.15) is 36.8 Å². The highest BCUT2D eigenvalue weighted by atomic mass is 16.5. The molecule has 5 rings (SSSR count). The van der Waals surface area contributed by atoms with Crippen LogP contribution in [-0.4, -0.2) is 30.4 Å². The largest absolute Gasteiger partial charge is 0.457 e. The van der Waals surface area contributed by atoms with Crippen molar-refractivity contribution in [2.45, 2.75) is 32.1 Å². The minimum absolute atomic E-state index is 0.0377. The topological polar surface area (TPSA) is 41.6 Å². The van der Waals surface area contributed by atoms with Crippen LogP contribution in [0.2, 0.25) is 0 Å². The van der Waals surface area contributed by atoms with Crippen molar-refractivity contribution in [1.29, 1.82) is 0 Å². The van der Waals surface area contributed by atoms with E-state index in [4.69, 9.17) is 4.74 Å². The summed E-state index contributed by atoms with van der Waals surface area (Å²) in [5, 5.41) is 3.12. The number of hydrogen-bond acceptors (Lipinski definition) is 3. The van der Waals surface area contributed by atoms with Crippen LogP contribution < -0.4 is 10.1 Å². The molecular formula is C36H38N2O2. The van der Waals surface area contributed by atoms with Crippen molar-refractivity contribution in [1.82, 2.24) is 4.90 Å². The average molecular weight is 531 g/mol. The van der Waals surface area contributed by atoms with Gasteiger partial charge in [-0.15, -0.1) is 0 Å². The molecule has 0 radical (unpaired) electrons. The highest BCUT2D eigenvalue weighted by Gasteiger charge is 2.20. The Hall–Kier alpha value is -4.15. The van der Waals surface area contributed by atoms with E-state index < -0.39 is 0 Å². The quantitative estimate of drug-likeness (QED) is 0.188. The predicted octanol–water partition coefficient (Wildman–Crippen LogP) is 8.24. The molecule has 1 aliphatic heterocycles. The zero-order valence-electron chi connectivity index (χ0n) is 23.0. The summed E-state index contributed by atoms with van der Waals surface area (Å²) >= 11 is 0. The first-order chi connectivity index (χ1) is 19.7. The molecule has 1 heterocycles. The molecule has 0 saturated heterocycles. The predicted molar refractivity (Wildman–Crippen MR) is 165 cm³/mol. The maximum absolute atomic E-state index is 13.2. The standard InChI is InChI=1S/C36H38N2O2/c39-36(37-33-15-6-2-7-16-33)32(28-29-12-4-1-5-13-29)14-10-11-25-38-26-23-31(24-27-38)30-19-21-35(22-20-30)40-34-17-8-3-9-18-34/h1-9,12-13,15-23,32H,10-11,14,24-28H2,(H,37,39). The molecule has 4 nitrogen and oxygen atoms in total. The number of amides is 1. The van der Waals surface area contributed by atoms with E-state index >= 15 is 0 Å². The molecule has 1 atom stereocenters. The van der Waals surface area contributed by atoms with Crippen LogP contribution in [0.5, 0.6) is 11.5 Å². The molecule has 0 bridgehead atoms. The summed E-state index contributed by atoms with van der Waals surface area (Å²) in [5.41, 5.74) is 4.75. The SMILES string of the molecule is O=C(Nc1ccccc1)C(CCCCN1CC=C(c2ccc(Oc3ccccc3)cc2)CC1)Cc1ccccc1. The van der Waals surface area contributed by atoms with Crippen LogP contribution >= 0.6 is 0 Å². The number of carbonyl (C=O) groups excluding carboxylic acids is 1. The van der Waals surface area contributed by atoms with Crippen molar-refractivity contribution >= 4 is 17.2 Å². The summed E-state index contributed by atoms with van der Waals surface area (Å²) in [6.07, 6.45) is 7.20. The lowest BCUT2D eigenvalue weighted by Crippen LogP contribution is -2.30. The third-order valence-electron chi connectivity index (χ3n) is 7.51. The fourth-order valence-electron chi connectivity index (χ4n) is 5.25. The Balaban J connectivity index is 1.08. The third kappa shape index (κ3) is 8.17. The van der Waals surface area contributed by atoms with E-state index in [1.165, 1.54) is 16.7 Å². The van der Waals surface area contributed by atoms with Crippen molar-refractivity contribution in [2.75, 3.05) is 25.0 Å². The summed E-state index contributed by atoms with van der Waals surface area (Å²) in [5.74, 6) is 1.78. The number of ether oxygens (including phenoxy) is 1. The van der Waals surface area contributed by atoms with Gasteiger partial charge in [0.15, 0.2) is 0 Å². The van der Waals surface area contributed by atoms with Gasteiger partial charge < -0.3 is 10.1 Å². The molecule has 0 fully saturated rings. The molecule has 1 N–H and O–H groups in total. The Morgan fingerprint density at radius 1 is 0.775 bits per heavy atom. The lowest BCUT2D eigenvalue weighted by Gasteiger charge is -2.26. The molecule has 204 valence electrons. The first-order valence-electron chi connectivity index (χ1n) is 14.4. The minimum Gasteiger partial charge on any atom is -0.457 e. The number of rotatable bonds is 12. The van der Waals surface area contributed by atoms with Gasteiger partial charge in [0.25, 0.3) is 0 Å². The lowest BCUT2D eigenvalue weighted by atomic mass is 9.93. The molecule has 0 aliphatic carbocycles. The Morgan fingerprint density at radius 2 is 1.43 bits per heavy atom. The van der Waals surface area contributed by atoms with E-state index in [9.17, 15) is 4.79 Å². The molecule has 0 aromatic heterocycles. The lowest BCUT2D eigenvalue weighted by molar-refractivity contribution is -0.120. The smallest absolute Gasteiger partial charge is 0.227 e. The van der Waals surface area contributed by atoms with E-state index in [1.54, 1.807) is 0 Å². The van der Waals surface area contributed by atoms with Crippen molar-refractivity contribution in [2.24, 2.45) is 5.92 Å². The highest BCUT2D eigenvalue weighted by Crippen LogP contribution is 2.27. The third-order valence-corrected chi connectivity index (χ3v) is 7.51. The normalized spacial score (nSPS) is 14.2. The Morgan fingerprint density at radius 3 is 2.10 bits per heavy atom. The van der Waals surface area contributed by atoms with Crippen molar-refractivity contribution in [3.63, 3.8) is 0 Å². The molecule has 0 saturated carbocycles. The number of hydrogen-bond donors (Lipinski definition) is 1. The first kappa shape index (κ1) is 27.4. The number of benzene rings is 4.